The average molecular weight is 364 g/mol. The van der Waals surface area contributed by atoms with E-state index in [0.717, 1.165) is 11.1 Å². The van der Waals surface area contributed by atoms with Gasteiger partial charge in [0.2, 0.25) is 5.91 Å². The molecule has 2 aromatic carbocycles. The lowest BCUT2D eigenvalue weighted by atomic mass is 9.94. The molecule has 4 rings (SSSR count). The molecule has 0 saturated carbocycles. The van der Waals surface area contributed by atoms with Gasteiger partial charge in [-0.2, -0.15) is 0 Å². The van der Waals surface area contributed by atoms with Crippen molar-refractivity contribution < 1.29 is 18.4 Å². The first-order valence-corrected chi connectivity index (χ1v) is 8.53. The summed E-state index contributed by atoms with van der Waals surface area (Å²) in [6, 6.07) is 14.2. The zero-order valence-corrected chi connectivity index (χ0v) is 14.6. The van der Waals surface area contributed by atoms with Crippen LogP contribution in [0.4, 0.5) is 10.1 Å². The van der Waals surface area contributed by atoms with E-state index in [4.69, 9.17) is 4.42 Å². The molecular weight excluding hydrogens is 347 g/mol. The number of hydrogen-bond acceptors (Lipinski definition) is 3. The maximum absolute atomic E-state index is 13.5. The number of nitrogens with one attached hydrogen (secondary N) is 1. The van der Waals surface area contributed by atoms with Crippen molar-refractivity contribution in [1.29, 1.82) is 0 Å². The van der Waals surface area contributed by atoms with E-state index >= 15 is 0 Å². The van der Waals surface area contributed by atoms with Gasteiger partial charge in [-0.1, -0.05) is 29.8 Å². The minimum Gasteiger partial charge on any atom is -0.459 e. The molecule has 0 saturated heterocycles. The molecule has 0 bridgehead atoms. The zero-order chi connectivity index (χ0) is 19.0. The number of fused-ring (bicyclic) bond motifs is 1. The molecule has 3 aromatic rings. The zero-order valence-electron chi connectivity index (χ0n) is 14.6. The number of halogens is 1. The highest BCUT2D eigenvalue weighted by Crippen LogP contribution is 2.37. The van der Waals surface area contributed by atoms with Crippen LogP contribution in [0.25, 0.3) is 0 Å². The summed E-state index contributed by atoms with van der Waals surface area (Å²) in [6.45, 7) is 1.79. The summed E-state index contributed by atoms with van der Waals surface area (Å²) < 4.78 is 18.7. The Balaban J connectivity index is 1.90. The van der Waals surface area contributed by atoms with Crippen LogP contribution in [0.5, 0.6) is 0 Å². The second-order valence-corrected chi connectivity index (χ2v) is 6.50. The summed E-state index contributed by atoms with van der Waals surface area (Å²) in [7, 11) is 0. The van der Waals surface area contributed by atoms with Crippen molar-refractivity contribution in [2.24, 2.45) is 0 Å². The van der Waals surface area contributed by atoms with Crippen LogP contribution in [-0.4, -0.2) is 23.3 Å². The number of nitrogens with zero attached hydrogens (tertiary/aromatic N) is 1. The van der Waals surface area contributed by atoms with Crippen LogP contribution in [0.2, 0.25) is 0 Å². The third-order valence-corrected chi connectivity index (χ3v) is 4.58. The van der Waals surface area contributed by atoms with Gasteiger partial charge in [0.25, 0.3) is 5.91 Å². The first-order valence-electron chi connectivity index (χ1n) is 8.53. The van der Waals surface area contributed by atoms with Crippen molar-refractivity contribution in [2.75, 3.05) is 11.9 Å². The molecule has 0 aliphatic carbocycles. The summed E-state index contributed by atoms with van der Waals surface area (Å²) in [6.07, 6.45) is 1.41. The Morgan fingerprint density at radius 3 is 2.67 bits per heavy atom. The number of hydrogen-bond donors (Lipinski definition) is 1. The van der Waals surface area contributed by atoms with Gasteiger partial charge < -0.3 is 14.6 Å². The maximum Gasteiger partial charge on any atom is 0.290 e. The largest absolute Gasteiger partial charge is 0.459 e. The highest BCUT2D eigenvalue weighted by molar-refractivity contribution is 6.00. The molecule has 2 amide bonds. The Hall–Kier alpha value is -3.41. The monoisotopic (exact) mass is 364 g/mol. The maximum atomic E-state index is 13.5. The predicted molar refractivity (Wildman–Crippen MR) is 97.8 cm³/mol. The molecule has 0 spiro atoms. The summed E-state index contributed by atoms with van der Waals surface area (Å²) in [4.78, 5) is 27.0. The van der Waals surface area contributed by atoms with E-state index in [9.17, 15) is 14.0 Å². The fourth-order valence-corrected chi connectivity index (χ4v) is 3.36. The molecule has 1 aromatic heterocycles. The van der Waals surface area contributed by atoms with Crippen LogP contribution >= 0.6 is 0 Å². The van der Waals surface area contributed by atoms with E-state index in [1.807, 2.05) is 25.1 Å². The van der Waals surface area contributed by atoms with Crippen LogP contribution in [0.15, 0.2) is 65.3 Å². The Bertz CT molecular complexity index is 997. The molecular formula is C21H17FN2O3. The molecule has 1 N–H and O–H groups in total. The fourth-order valence-electron chi connectivity index (χ4n) is 3.36. The van der Waals surface area contributed by atoms with Crippen molar-refractivity contribution >= 4 is 17.5 Å². The van der Waals surface area contributed by atoms with Crippen LogP contribution in [-0.2, 0) is 4.79 Å². The Morgan fingerprint density at radius 2 is 1.96 bits per heavy atom. The molecule has 6 heteroatoms. The van der Waals surface area contributed by atoms with Gasteiger partial charge in [0.15, 0.2) is 5.76 Å². The average Bonchev–Trinajstić information content (AvgIpc) is 3.14. The van der Waals surface area contributed by atoms with Gasteiger partial charge >= 0.3 is 0 Å². The number of benzene rings is 2. The van der Waals surface area contributed by atoms with Gasteiger partial charge in [-0.3, -0.25) is 9.59 Å². The van der Waals surface area contributed by atoms with E-state index in [0.29, 0.717) is 11.3 Å². The summed E-state index contributed by atoms with van der Waals surface area (Å²) in [5.41, 5.74) is 3.10. The van der Waals surface area contributed by atoms with E-state index in [1.54, 1.807) is 24.3 Å². The van der Waals surface area contributed by atoms with Gasteiger partial charge in [0, 0.05) is 11.3 Å². The van der Waals surface area contributed by atoms with Crippen LogP contribution < -0.4 is 5.32 Å². The summed E-state index contributed by atoms with van der Waals surface area (Å²) in [5.74, 6) is -0.926. The third kappa shape index (κ3) is 3.21. The molecule has 1 atom stereocenters. The minimum atomic E-state index is -0.558. The second-order valence-electron chi connectivity index (χ2n) is 6.50. The van der Waals surface area contributed by atoms with Gasteiger partial charge in [-0.25, -0.2) is 4.39 Å². The van der Waals surface area contributed by atoms with Crippen molar-refractivity contribution in [1.82, 2.24) is 4.90 Å². The van der Waals surface area contributed by atoms with Gasteiger partial charge in [0.05, 0.1) is 12.3 Å². The van der Waals surface area contributed by atoms with E-state index in [-0.39, 0.29) is 24.0 Å². The molecule has 0 fully saturated rings. The quantitative estimate of drug-likeness (QED) is 0.750. The lowest BCUT2D eigenvalue weighted by Gasteiger charge is -2.30. The van der Waals surface area contributed by atoms with Crippen molar-refractivity contribution in [3.05, 3.63) is 89.1 Å². The summed E-state index contributed by atoms with van der Waals surface area (Å²) in [5, 5.41) is 2.85. The van der Waals surface area contributed by atoms with Gasteiger partial charge in [0.1, 0.15) is 12.4 Å². The van der Waals surface area contributed by atoms with E-state index < -0.39 is 11.9 Å². The first kappa shape index (κ1) is 17.0. The number of amides is 2. The number of furan rings is 1. The molecule has 0 unspecified atom stereocenters. The highest BCUT2D eigenvalue weighted by atomic mass is 19.1. The Labute approximate surface area is 155 Å². The number of carbonyl (C=O) groups is 2. The van der Waals surface area contributed by atoms with E-state index in [1.165, 1.54) is 23.3 Å². The molecule has 136 valence electrons. The minimum absolute atomic E-state index is 0.144. The van der Waals surface area contributed by atoms with Crippen molar-refractivity contribution in [3.63, 3.8) is 0 Å². The fraction of sp³-hybridized carbons (Fsp3) is 0.143. The SMILES string of the molecule is Cc1ccc2c(c1)[C@@H](c1ccc(F)cc1)N(C(=O)c1ccco1)CC(=O)N2. The smallest absolute Gasteiger partial charge is 0.290 e. The third-order valence-electron chi connectivity index (χ3n) is 4.58. The molecule has 2 heterocycles. The molecule has 1 aliphatic rings. The molecule has 0 radical (unpaired) electrons. The Kier molecular flexibility index (Phi) is 4.24. The van der Waals surface area contributed by atoms with Gasteiger partial charge in [-0.15, -0.1) is 0 Å². The standard InChI is InChI=1S/C21H17FN2O3/c1-13-4-9-17-16(11-13)20(14-5-7-15(22)8-6-14)24(12-19(25)23-17)21(26)18-3-2-10-27-18/h2-11,20H,12H2,1H3,(H,23,25)/t20-/m1/s1. The Morgan fingerprint density at radius 1 is 1.19 bits per heavy atom. The summed E-state index contributed by atoms with van der Waals surface area (Å²) >= 11 is 0. The normalized spacial score (nSPS) is 16.4. The number of rotatable bonds is 2. The molecule has 1 aliphatic heterocycles. The number of aryl methyl sites for hydroxylation is 1. The lowest BCUT2D eigenvalue weighted by molar-refractivity contribution is -0.117. The van der Waals surface area contributed by atoms with Crippen LogP contribution in [0, 0.1) is 12.7 Å². The second kappa shape index (κ2) is 6.72. The lowest BCUT2D eigenvalue weighted by Crippen LogP contribution is -2.38. The first-order chi connectivity index (χ1) is 13.0. The number of carbonyl (C=O) groups excluding carboxylic acids is 2. The van der Waals surface area contributed by atoms with Crippen molar-refractivity contribution in [2.45, 2.75) is 13.0 Å². The predicted octanol–water partition coefficient (Wildman–Crippen LogP) is 3.91. The number of anilines is 1. The van der Waals surface area contributed by atoms with Crippen LogP contribution in [0.1, 0.15) is 33.3 Å². The van der Waals surface area contributed by atoms with Gasteiger partial charge in [-0.05, 0) is 42.8 Å². The van der Waals surface area contributed by atoms with Crippen LogP contribution in [0.3, 0.4) is 0 Å². The topological polar surface area (TPSA) is 62.6 Å². The molecule has 5 nitrogen and oxygen atoms in total. The van der Waals surface area contributed by atoms with E-state index in [2.05, 4.69) is 5.32 Å². The van der Waals surface area contributed by atoms with Crippen molar-refractivity contribution in [3.8, 4) is 0 Å². The molecule has 27 heavy (non-hydrogen) atoms. The highest BCUT2D eigenvalue weighted by Gasteiger charge is 2.34.